The maximum Gasteiger partial charge on any atom is 0.192 e. The van der Waals surface area contributed by atoms with Crippen LogP contribution in [0.25, 0.3) is 22.4 Å². The van der Waals surface area contributed by atoms with E-state index in [1.165, 1.54) is 0 Å². The van der Waals surface area contributed by atoms with Crippen molar-refractivity contribution in [2.45, 2.75) is 13.5 Å². The van der Waals surface area contributed by atoms with Crippen LogP contribution in [0.3, 0.4) is 0 Å². The summed E-state index contributed by atoms with van der Waals surface area (Å²) in [6.07, 6.45) is 1.83. The number of imidazole rings is 1. The molecule has 98 valence electrons. The molecule has 3 rings (SSSR count). The van der Waals surface area contributed by atoms with Crippen molar-refractivity contribution in [2.75, 3.05) is 7.05 Å². The van der Waals surface area contributed by atoms with Crippen molar-refractivity contribution in [1.82, 2.24) is 19.9 Å². The predicted molar refractivity (Wildman–Crippen MR) is 73.7 cm³/mol. The van der Waals surface area contributed by atoms with Gasteiger partial charge in [0.25, 0.3) is 0 Å². The Balaban J connectivity index is 2.15. The van der Waals surface area contributed by atoms with Gasteiger partial charge in [0.15, 0.2) is 11.5 Å². The molecule has 0 atom stereocenters. The van der Waals surface area contributed by atoms with E-state index in [9.17, 15) is 0 Å². The van der Waals surface area contributed by atoms with E-state index in [4.69, 9.17) is 4.42 Å². The largest absolute Gasteiger partial charge is 0.441 e. The van der Waals surface area contributed by atoms with E-state index < -0.39 is 0 Å². The lowest BCUT2D eigenvalue weighted by molar-refractivity contribution is 0.561. The summed E-state index contributed by atoms with van der Waals surface area (Å²) in [5, 5.41) is 3.14. The highest BCUT2D eigenvalue weighted by atomic mass is 16.3. The number of nitrogens with one attached hydrogen (secondary N) is 1. The lowest BCUT2D eigenvalue weighted by Gasteiger charge is -2.06. The number of benzene rings is 1. The van der Waals surface area contributed by atoms with Gasteiger partial charge in [-0.2, -0.15) is 0 Å². The maximum atomic E-state index is 5.59. The van der Waals surface area contributed by atoms with E-state index in [2.05, 4.69) is 21.4 Å². The number of oxazole rings is 1. The highest BCUT2D eigenvalue weighted by Gasteiger charge is 2.12. The van der Waals surface area contributed by atoms with Crippen LogP contribution in [0.15, 0.2) is 28.9 Å². The molecular weight excluding hydrogens is 240 g/mol. The highest BCUT2D eigenvalue weighted by Crippen LogP contribution is 2.26. The molecule has 0 aliphatic carbocycles. The standard InChI is InChI=1S/C14H16N4O/c1-9-17-11-5-4-10(6-13(11)19-9)14-12(7-15-2)16-8-18(14)3/h4-6,8,15H,7H2,1-3H3. The van der Waals surface area contributed by atoms with Gasteiger partial charge >= 0.3 is 0 Å². The third-order valence-corrected chi connectivity index (χ3v) is 3.13. The number of aromatic nitrogens is 3. The topological polar surface area (TPSA) is 55.9 Å². The Labute approximate surface area is 111 Å². The van der Waals surface area contributed by atoms with Crippen molar-refractivity contribution < 1.29 is 4.42 Å². The fraction of sp³-hybridized carbons (Fsp3) is 0.286. The molecular formula is C14H16N4O. The van der Waals surface area contributed by atoms with Crippen LogP contribution in [0.2, 0.25) is 0 Å². The Morgan fingerprint density at radius 1 is 1.37 bits per heavy atom. The van der Waals surface area contributed by atoms with Crippen molar-refractivity contribution >= 4 is 11.1 Å². The quantitative estimate of drug-likeness (QED) is 0.781. The molecule has 0 bridgehead atoms. The molecule has 0 unspecified atom stereocenters. The van der Waals surface area contributed by atoms with Crippen LogP contribution in [-0.4, -0.2) is 21.6 Å². The monoisotopic (exact) mass is 256 g/mol. The average Bonchev–Trinajstić information content (AvgIpc) is 2.91. The normalized spacial score (nSPS) is 11.3. The summed E-state index contributed by atoms with van der Waals surface area (Å²) in [7, 11) is 3.92. The molecule has 5 heteroatoms. The van der Waals surface area contributed by atoms with Crippen molar-refractivity contribution in [2.24, 2.45) is 7.05 Å². The summed E-state index contributed by atoms with van der Waals surface area (Å²) in [5.41, 5.74) is 4.92. The number of fused-ring (bicyclic) bond motifs is 1. The molecule has 5 nitrogen and oxygen atoms in total. The summed E-state index contributed by atoms with van der Waals surface area (Å²) in [6, 6.07) is 6.06. The molecule has 0 saturated heterocycles. The Bertz CT molecular complexity index is 726. The molecule has 2 heterocycles. The predicted octanol–water partition coefficient (Wildman–Crippen LogP) is 2.26. The molecule has 19 heavy (non-hydrogen) atoms. The van der Waals surface area contributed by atoms with Crippen LogP contribution in [0, 0.1) is 6.92 Å². The van der Waals surface area contributed by atoms with Gasteiger partial charge < -0.3 is 14.3 Å². The minimum absolute atomic E-state index is 0.688. The molecule has 0 saturated carbocycles. The lowest BCUT2D eigenvalue weighted by atomic mass is 10.1. The zero-order valence-corrected chi connectivity index (χ0v) is 11.3. The van der Waals surface area contributed by atoms with E-state index in [0.29, 0.717) is 5.89 Å². The molecule has 0 spiro atoms. The average molecular weight is 256 g/mol. The zero-order chi connectivity index (χ0) is 13.4. The molecule has 0 amide bonds. The first-order valence-electron chi connectivity index (χ1n) is 6.21. The summed E-state index contributed by atoms with van der Waals surface area (Å²) < 4.78 is 7.61. The van der Waals surface area contributed by atoms with Gasteiger partial charge in [0, 0.05) is 26.1 Å². The van der Waals surface area contributed by atoms with E-state index >= 15 is 0 Å². The van der Waals surface area contributed by atoms with Crippen molar-refractivity contribution in [1.29, 1.82) is 0 Å². The minimum Gasteiger partial charge on any atom is -0.441 e. The smallest absolute Gasteiger partial charge is 0.192 e. The molecule has 0 radical (unpaired) electrons. The van der Waals surface area contributed by atoms with Crippen molar-refractivity contribution in [3.05, 3.63) is 36.1 Å². The van der Waals surface area contributed by atoms with Gasteiger partial charge in [-0.25, -0.2) is 9.97 Å². The molecule has 0 aliphatic rings. The maximum absolute atomic E-state index is 5.59. The first-order valence-corrected chi connectivity index (χ1v) is 6.21. The summed E-state index contributed by atoms with van der Waals surface area (Å²) in [5.74, 6) is 0.688. The second-order valence-corrected chi connectivity index (χ2v) is 4.60. The second kappa shape index (κ2) is 4.51. The van der Waals surface area contributed by atoms with E-state index in [0.717, 1.165) is 34.6 Å². The first-order chi connectivity index (χ1) is 9.19. The zero-order valence-electron chi connectivity index (χ0n) is 11.3. The van der Waals surface area contributed by atoms with Gasteiger partial charge in [-0.1, -0.05) is 6.07 Å². The summed E-state index contributed by atoms with van der Waals surface area (Å²) in [4.78, 5) is 8.74. The summed E-state index contributed by atoms with van der Waals surface area (Å²) >= 11 is 0. The fourth-order valence-corrected chi connectivity index (χ4v) is 2.33. The van der Waals surface area contributed by atoms with Gasteiger partial charge in [0.2, 0.25) is 0 Å². The second-order valence-electron chi connectivity index (χ2n) is 4.60. The SMILES string of the molecule is CNCc1ncn(C)c1-c1ccc2nc(C)oc2c1. The van der Waals surface area contributed by atoms with Crippen LogP contribution in [0.5, 0.6) is 0 Å². The van der Waals surface area contributed by atoms with Crippen LogP contribution in [0.4, 0.5) is 0 Å². The van der Waals surface area contributed by atoms with Crippen molar-refractivity contribution in [3.63, 3.8) is 0 Å². The Kier molecular flexibility index (Phi) is 2.83. The van der Waals surface area contributed by atoms with Crippen molar-refractivity contribution in [3.8, 4) is 11.3 Å². The molecule has 0 fully saturated rings. The molecule has 1 N–H and O–H groups in total. The van der Waals surface area contributed by atoms with Crippen LogP contribution < -0.4 is 5.32 Å². The number of hydrogen-bond acceptors (Lipinski definition) is 4. The highest BCUT2D eigenvalue weighted by molar-refractivity contribution is 5.80. The minimum atomic E-state index is 0.688. The molecule has 3 aromatic rings. The van der Waals surface area contributed by atoms with E-state index in [-0.39, 0.29) is 0 Å². The van der Waals surface area contributed by atoms with Gasteiger partial charge in [-0.15, -0.1) is 0 Å². The number of nitrogens with zero attached hydrogens (tertiary/aromatic N) is 3. The number of rotatable bonds is 3. The van der Waals surface area contributed by atoms with Crippen LogP contribution in [-0.2, 0) is 13.6 Å². The molecule has 0 aliphatic heterocycles. The number of hydrogen-bond donors (Lipinski definition) is 1. The third kappa shape index (κ3) is 2.02. The molecule has 1 aromatic carbocycles. The van der Waals surface area contributed by atoms with Gasteiger partial charge in [-0.05, 0) is 19.2 Å². The van der Waals surface area contributed by atoms with Gasteiger partial charge in [-0.3, -0.25) is 0 Å². The van der Waals surface area contributed by atoms with Gasteiger partial charge in [0.1, 0.15) is 5.52 Å². The van der Waals surface area contributed by atoms with Crippen LogP contribution >= 0.6 is 0 Å². The summed E-state index contributed by atoms with van der Waals surface area (Å²) in [6.45, 7) is 2.60. The fourth-order valence-electron chi connectivity index (χ4n) is 2.33. The van der Waals surface area contributed by atoms with E-state index in [1.807, 2.05) is 44.0 Å². The first kappa shape index (κ1) is 11.9. The Morgan fingerprint density at radius 3 is 3.00 bits per heavy atom. The lowest BCUT2D eigenvalue weighted by Crippen LogP contribution is -2.07. The van der Waals surface area contributed by atoms with Gasteiger partial charge in [0.05, 0.1) is 17.7 Å². The Morgan fingerprint density at radius 2 is 2.21 bits per heavy atom. The Hall–Kier alpha value is -2.14. The number of aryl methyl sites for hydroxylation is 2. The van der Waals surface area contributed by atoms with E-state index in [1.54, 1.807) is 0 Å². The van der Waals surface area contributed by atoms with Crippen LogP contribution in [0.1, 0.15) is 11.6 Å². The molecule has 2 aromatic heterocycles. The third-order valence-electron chi connectivity index (χ3n) is 3.13.